The molecule has 0 aliphatic carbocycles. The molecule has 0 unspecified atom stereocenters. The Morgan fingerprint density at radius 1 is 1.19 bits per heavy atom. The molecule has 0 radical (unpaired) electrons. The second-order valence-electron chi connectivity index (χ2n) is 4.19. The Morgan fingerprint density at radius 3 is 2.38 bits per heavy atom. The first-order valence-corrected chi connectivity index (χ1v) is 6.81. The Bertz CT molecular complexity index is 646. The smallest absolute Gasteiger partial charge is 0.267 e. The summed E-state index contributed by atoms with van der Waals surface area (Å²) in [7, 11) is 0. The maximum absolute atomic E-state index is 12.4. The van der Waals surface area contributed by atoms with E-state index in [4.69, 9.17) is 0 Å². The Labute approximate surface area is 123 Å². The van der Waals surface area contributed by atoms with E-state index in [0.29, 0.717) is 5.71 Å². The molecular weight excluding hydrogens is 301 g/mol. The van der Waals surface area contributed by atoms with Crippen molar-refractivity contribution in [3.8, 4) is 0 Å². The maximum Gasteiger partial charge on any atom is 0.416 e. The first-order valence-electron chi connectivity index (χ1n) is 5.93. The van der Waals surface area contributed by atoms with E-state index >= 15 is 0 Å². The average molecular weight is 312 g/mol. The van der Waals surface area contributed by atoms with Crippen LogP contribution >= 0.6 is 11.3 Å². The van der Waals surface area contributed by atoms with Crippen molar-refractivity contribution in [2.24, 2.45) is 5.10 Å². The molecule has 1 aromatic heterocycles. The predicted molar refractivity (Wildman–Crippen MR) is 75.4 cm³/mol. The van der Waals surface area contributed by atoms with Crippen LogP contribution in [0.5, 0.6) is 0 Å². The van der Waals surface area contributed by atoms with Gasteiger partial charge >= 0.3 is 6.18 Å². The third-order valence-corrected chi connectivity index (χ3v) is 3.66. The number of thiophene rings is 1. The Hall–Kier alpha value is -2.15. The molecule has 21 heavy (non-hydrogen) atoms. The number of halogens is 3. The number of benzene rings is 1. The number of hydrogen-bond acceptors (Lipinski definition) is 3. The SMILES string of the molecule is CC(=NNC(=O)c1ccc(C(F)(F)F)cc1)c1cccs1. The van der Waals surface area contributed by atoms with Gasteiger partial charge in [0.2, 0.25) is 0 Å². The predicted octanol–water partition coefficient (Wildman–Crippen LogP) is 3.92. The summed E-state index contributed by atoms with van der Waals surface area (Å²) >= 11 is 1.48. The lowest BCUT2D eigenvalue weighted by Crippen LogP contribution is -2.19. The third-order valence-electron chi connectivity index (χ3n) is 2.68. The summed E-state index contributed by atoms with van der Waals surface area (Å²) in [6.07, 6.45) is -4.41. The summed E-state index contributed by atoms with van der Waals surface area (Å²) in [6.45, 7) is 1.73. The first-order chi connectivity index (χ1) is 9.88. The van der Waals surface area contributed by atoms with Crippen LogP contribution in [0.15, 0.2) is 46.9 Å². The summed E-state index contributed by atoms with van der Waals surface area (Å²) in [4.78, 5) is 12.7. The normalized spacial score (nSPS) is 12.3. The van der Waals surface area contributed by atoms with E-state index in [1.165, 1.54) is 11.3 Å². The zero-order valence-electron chi connectivity index (χ0n) is 10.9. The van der Waals surface area contributed by atoms with Gasteiger partial charge in [-0.3, -0.25) is 4.79 Å². The first kappa shape index (κ1) is 15.2. The fourth-order valence-electron chi connectivity index (χ4n) is 1.55. The van der Waals surface area contributed by atoms with Crippen molar-refractivity contribution in [1.29, 1.82) is 0 Å². The standard InChI is InChI=1S/C14H11F3N2OS/c1-9(12-3-2-8-21-12)18-19-13(20)10-4-6-11(7-5-10)14(15,16)17/h2-8H,1H3,(H,19,20). The minimum atomic E-state index is -4.41. The molecular formula is C14H11F3N2OS. The highest BCUT2D eigenvalue weighted by Crippen LogP contribution is 2.29. The molecule has 0 aliphatic rings. The van der Waals surface area contributed by atoms with Gasteiger partial charge in [-0.1, -0.05) is 6.07 Å². The second-order valence-corrected chi connectivity index (χ2v) is 5.14. The van der Waals surface area contributed by atoms with Crippen LogP contribution in [0.2, 0.25) is 0 Å². The quantitative estimate of drug-likeness (QED) is 0.677. The summed E-state index contributed by atoms with van der Waals surface area (Å²) in [5.74, 6) is -0.556. The zero-order chi connectivity index (χ0) is 15.5. The lowest BCUT2D eigenvalue weighted by atomic mass is 10.1. The largest absolute Gasteiger partial charge is 0.416 e. The number of alkyl halides is 3. The van der Waals surface area contributed by atoms with Crippen molar-refractivity contribution in [3.05, 3.63) is 57.8 Å². The molecule has 2 aromatic rings. The molecule has 0 spiro atoms. The van der Waals surface area contributed by atoms with E-state index in [2.05, 4.69) is 10.5 Å². The Kier molecular flexibility index (Phi) is 4.42. The van der Waals surface area contributed by atoms with E-state index in [0.717, 1.165) is 29.1 Å². The van der Waals surface area contributed by atoms with E-state index in [1.54, 1.807) is 6.92 Å². The van der Waals surface area contributed by atoms with Crippen molar-refractivity contribution in [2.75, 3.05) is 0 Å². The minimum Gasteiger partial charge on any atom is -0.267 e. The van der Waals surface area contributed by atoms with Crippen molar-refractivity contribution < 1.29 is 18.0 Å². The van der Waals surface area contributed by atoms with Gasteiger partial charge in [0.1, 0.15) is 0 Å². The summed E-state index contributed by atoms with van der Waals surface area (Å²) in [5.41, 5.74) is 2.27. The molecule has 0 aliphatic heterocycles. The lowest BCUT2D eigenvalue weighted by molar-refractivity contribution is -0.137. The monoisotopic (exact) mass is 312 g/mol. The zero-order valence-corrected chi connectivity index (χ0v) is 11.8. The topological polar surface area (TPSA) is 41.5 Å². The van der Waals surface area contributed by atoms with Crippen LogP contribution in [0.3, 0.4) is 0 Å². The van der Waals surface area contributed by atoms with E-state index in [9.17, 15) is 18.0 Å². The molecule has 7 heteroatoms. The highest BCUT2D eigenvalue weighted by Gasteiger charge is 2.30. The van der Waals surface area contributed by atoms with Crippen LogP contribution in [0, 0.1) is 0 Å². The minimum absolute atomic E-state index is 0.116. The van der Waals surface area contributed by atoms with Crippen LogP contribution in [0.25, 0.3) is 0 Å². The number of hydrazone groups is 1. The van der Waals surface area contributed by atoms with Crippen molar-refractivity contribution >= 4 is 23.0 Å². The number of nitrogens with zero attached hydrogens (tertiary/aromatic N) is 1. The van der Waals surface area contributed by atoms with Crippen LogP contribution in [0.1, 0.15) is 27.7 Å². The third kappa shape index (κ3) is 3.91. The molecule has 3 nitrogen and oxygen atoms in total. The van der Waals surface area contributed by atoms with Gasteiger partial charge in [-0.25, -0.2) is 5.43 Å². The molecule has 0 bridgehead atoms. The van der Waals surface area contributed by atoms with Gasteiger partial charge in [-0.15, -0.1) is 11.3 Å². The molecule has 1 N–H and O–H groups in total. The number of rotatable bonds is 3. The number of amides is 1. The van der Waals surface area contributed by atoms with Gasteiger partial charge in [0.15, 0.2) is 0 Å². The van der Waals surface area contributed by atoms with Crippen molar-refractivity contribution in [1.82, 2.24) is 5.43 Å². The lowest BCUT2D eigenvalue weighted by Gasteiger charge is -2.07. The molecule has 1 amide bonds. The second kappa shape index (κ2) is 6.09. The summed E-state index contributed by atoms with van der Waals surface area (Å²) in [5, 5.41) is 5.80. The number of hydrogen-bond donors (Lipinski definition) is 1. The fraction of sp³-hybridized carbons (Fsp3) is 0.143. The van der Waals surface area contributed by atoms with Crippen molar-refractivity contribution in [3.63, 3.8) is 0 Å². The van der Waals surface area contributed by atoms with Crippen LogP contribution in [0.4, 0.5) is 13.2 Å². The van der Waals surface area contributed by atoms with Gasteiger partial charge in [0.05, 0.1) is 11.3 Å². The molecule has 0 saturated carbocycles. The van der Waals surface area contributed by atoms with Gasteiger partial charge < -0.3 is 0 Å². The maximum atomic E-state index is 12.4. The van der Waals surface area contributed by atoms with Crippen LogP contribution in [-0.4, -0.2) is 11.6 Å². The van der Waals surface area contributed by atoms with Gasteiger partial charge in [0.25, 0.3) is 5.91 Å². The van der Waals surface area contributed by atoms with Crippen LogP contribution < -0.4 is 5.43 Å². The van der Waals surface area contributed by atoms with Gasteiger partial charge in [-0.05, 0) is 42.6 Å². The van der Waals surface area contributed by atoms with E-state index < -0.39 is 17.6 Å². The Morgan fingerprint density at radius 2 is 1.86 bits per heavy atom. The number of carbonyl (C=O) groups excluding carboxylic acids is 1. The molecule has 1 heterocycles. The average Bonchev–Trinajstić information content (AvgIpc) is 2.98. The highest BCUT2D eigenvalue weighted by atomic mass is 32.1. The molecule has 2 rings (SSSR count). The summed E-state index contributed by atoms with van der Waals surface area (Å²) < 4.78 is 37.2. The number of nitrogens with one attached hydrogen (secondary N) is 1. The Balaban J connectivity index is 2.06. The summed E-state index contributed by atoms with van der Waals surface area (Å²) in [6, 6.07) is 7.68. The molecule has 110 valence electrons. The molecule has 0 saturated heterocycles. The molecule has 1 aromatic carbocycles. The van der Waals surface area contributed by atoms with Gasteiger partial charge in [0, 0.05) is 10.4 Å². The highest BCUT2D eigenvalue weighted by molar-refractivity contribution is 7.12. The van der Waals surface area contributed by atoms with E-state index in [1.807, 2.05) is 17.5 Å². The molecule has 0 atom stereocenters. The molecule has 0 fully saturated rings. The fourth-order valence-corrected chi connectivity index (χ4v) is 2.23. The van der Waals surface area contributed by atoms with E-state index in [-0.39, 0.29) is 5.56 Å². The van der Waals surface area contributed by atoms with Gasteiger partial charge in [-0.2, -0.15) is 18.3 Å². The van der Waals surface area contributed by atoms with Crippen molar-refractivity contribution in [2.45, 2.75) is 13.1 Å². The van der Waals surface area contributed by atoms with Crippen LogP contribution in [-0.2, 0) is 6.18 Å². The number of carbonyl (C=O) groups is 1.